The molecular formula is C28H40O4. The molecule has 1 aliphatic rings. The van der Waals surface area contributed by atoms with Gasteiger partial charge in [-0.3, -0.25) is 0 Å². The summed E-state index contributed by atoms with van der Waals surface area (Å²) in [7, 11) is 0. The molecule has 2 aromatic rings. The van der Waals surface area contributed by atoms with Gasteiger partial charge in [-0.2, -0.15) is 0 Å². The quantitative estimate of drug-likeness (QED) is 0.183. The van der Waals surface area contributed by atoms with Crippen molar-refractivity contribution in [3.8, 4) is 34.5 Å². The van der Waals surface area contributed by atoms with E-state index in [1.807, 2.05) is 24.3 Å². The fourth-order valence-corrected chi connectivity index (χ4v) is 4.43. The molecular weight excluding hydrogens is 400 g/mol. The van der Waals surface area contributed by atoms with Gasteiger partial charge in [-0.25, -0.2) is 0 Å². The van der Waals surface area contributed by atoms with Crippen LogP contribution in [0.1, 0.15) is 102 Å². The van der Waals surface area contributed by atoms with Crippen LogP contribution in [0.3, 0.4) is 0 Å². The van der Waals surface area contributed by atoms with E-state index in [2.05, 4.69) is 6.92 Å². The highest BCUT2D eigenvalue weighted by Gasteiger charge is 2.25. The maximum atomic E-state index is 10.4. The van der Waals surface area contributed by atoms with Gasteiger partial charge >= 0.3 is 0 Å². The van der Waals surface area contributed by atoms with E-state index < -0.39 is 0 Å². The van der Waals surface area contributed by atoms with Crippen molar-refractivity contribution in [2.45, 2.75) is 103 Å². The summed E-state index contributed by atoms with van der Waals surface area (Å²) < 4.78 is 11.9. The number of ether oxygens (including phenoxy) is 2. The van der Waals surface area contributed by atoms with Crippen LogP contribution in [0.25, 0.3) is 0 Å². The molecule has 0 bridgehead atoms. The van der Waals surface area contributed by atoms with Gasteiger partial charge in [0.1, 0.15) is 0 Å². The van der Waals surface area contributed by atoms with Gasteiger partial charge in [0.2, 0.25) is 0 Å². The van der Waals surface area contributed by atoms with Crippen LogP contribution < -0.4 is 9.47 Å². The minimum Gasteiger partial charge on any atom is -0.504 e. The second kappa shape index (κ2) is 13.2. The third kappa shape index (κ3) is 7.08. The van der Waals surface area contributed by atoms with Crippen LogP contribution in [-0.4, -0.2) is 10.2 Å². The van der Waals surface area contributed by atoms with Crippen molar-refractivity contribution in [3.05, 3.63) is 35.9 Å². The maximum Gasteiger partial charge on any atom is 0.177 e. The van der Waals surface area contributed by atoms with Crippen LogP contribution in [0.4, 0.5) is 0 Å². The van der Waals surface area contributed by atoms with Crippen LogP contribution in [-0.2, 0) is 6.42 Å². The van der Waals surface area contributed by atoms with E-state index in [4.69, 9.17) is 9.47 Å². The Kier molecular flexibility index (Phi) is 10.1. The topological polar surface area (TPSA) is 58.9 Å². The largest absolute Gasteiger partial charge is 0.504 e. The van der Waals surface area contributed by atoms with E-state index in [1.165, 1.54) is 83.1 Å². The highest BCUT2D eigenvalue weighted by molar-refractivity contribution is 5.64. The van der Waals surface area contributed by atoms with Gasteiger partial charge in [-0.05, 0) is 25.0 Å². The summed E-state index contributed by atoms with van der Waals surface area (Å²) in [5.74, 6) is 1.97. The van der Waals surface area contributed by atoms with Crippen LogP contribution >= 0.6 is 0 Å². The summed E-state index contributed by atoms with van der Waals surface area (Å²) in [5, 5.41) is 20.6. The van der Waals surface area contributed by atoms with Gasteiger partial charge in [0.15, 0.2) is 34.5 Å². The Labute approximate surface area is 193 Å². The van der Waals surface area contributed by atoms with Crippen LogP contribution in [0.15, 0.2) is 30.3 Å². The summed E-state index contributed by atoms with van der Waals surface area (Å²) in [6.45, 7) is 2.27. The lowest BCUT2D eigenvalue weighted by atomic mass is 10.0. The number of para-hydroxylation sites is 2. The van der Waals surface area contributed by atoms with Crippen molar-refractivity contribution in [3.63, 3.8) is 0 Å². The minimum atomic E-state index is -0.160. The molecule has 0 unspecified atom stereocenters. The van der Waals surface area contributed by atoms with Crippen molar-refractivity contribution in [1.29, 1.82) is 0 Å². The molecule has 0 radical (unpaired) electrons. The Balaban J connectivity index is 1.33. The van der Waals surface area contributed by atoms with Gasteiger partial charge in [-0.15, -0.1) is 0 Å². The zero-order valence-corrected chi connectivity index (χ0v) is 19.7. The normalized spacial score (nSPS) is 12.0. The summed E-state index contributed by atoms with van der Waals surface area (Å²) in [6, 6.07) is 8.87. The number of benzene rings is 2. The fourth-order valence-electron chi connectivity index (χ4n) is 4.43. The molecule has 2 N–H and O–H groups in total. The molecule has 0 amide bonds. The smallest absolute Gasteiger partial charge is 0.177 e. The van der Waals surface area contributed by atoms with E-state index in [0.717, 1.165) is 12.8 Å². The Bertz CT molecular complexity index is 830. The molecule has 0 saturated heterocycles. The monoisotopic (exact) mass is 440 g/mol. The van der Waals surface area contributed by atoms with Crippen molar-refractivity contribution in [1.82, 2.24) is 0 Å². The minimum absolute atomic E-state index is 0.0959. The number of rotatable bonds is 15. The first-order valence-electron chi connectivity index (χ1n) is 12.7. The zero-order valence-electron chi connectivity index (χ0n) is 19.7. The number of hydrogen-bond donors (Lipinski definition) is 2. The van der Waals surface area contributed by atoms with E-state index in [0.29, 0.717) is 35.0 Å². The molecule has 32 heavy (non-hydrogen) atoms. The Hall–Kier alpha value is -2.36. The maximum absolute atomic E-state index is 10.4. The number of phenols is 2. The molecule has 4 nitrogen and oxygen atoms in total. The second-order valence-electron chi connectivity index (χ2n) is 9.05. The molecule has 2 aromatic carbocycles. The van der Waals surface area contributed by atoms with Gasteiger partial charge < -0.3 is 19.7 Å². The third-order valence-corrected chi connectivity index (χ3v) is 6.36. The van der Waals surface area contributed by atoms with E-state index in [1.54, 1.807) is 0 Å². The molecule has 0 aromatic heterocycles. The average molecular weight is 441 g/mol. The lowest BCUT2D eigenvalue weighted by Crippen LogP contribution is -2.02. The van der Waals surface area contributed by atoms with Crippen LogP contribution in [0.5, 0.6) is 34.5 Å². The molecule has 0 fully saturated rings. The van der Waals surface area contributed by atoms with Crippen LogP contribution in [0.2, 0.25) is 0 Å². The lowest BCUT2D eigenvalue weighted by Gasteiger charge is -2.23. The second-order valence-corrected chi connectivity index (χ2v) is 9.05. The van der Waals surface area contributed by atoms with Crippen molar-refractivity contribution >= 4 is 0 Å². The number of unbranched alkanes of at least 4 members (excludes halogenated alkanes) is 13. The Morgan fingerprint density at radius 3 is 1.69 bits per heavy atom. The first kappa shape index (κ1) is 24.3. The molecule has 0 saturated carbocycles. The first-order valence-corrected chi connectivity index (χ1v) is 12.7. The standard InChI is InChI=1S/C28H40O4/c1-2-3-4-5-6-7-8-9-10-11-12-13-14-15-18-22-27(30)23(29)21-26-28(22)32-25-20-17-16-19-24(25)31-26/h16-17,19-21,29-30H,2-15,18H2,1H3. The molecule has 4 heteroatoms. The third-order valence-electron chi connectivity index (χ3n) is 6.36. The molecule has 0 spiro atoms. The highest BCUT2D eigenvalue weighted by Crippen LogP contribution is 2.52. The molecule has 176 valence electrons. The predicted molar refractivity (Wildman–Crippen MR) is 130 cm³/mol. The van der Waals surface area contributed by atoms with Crippen LogP contribution in [0, 0.1) is 0 Å². The summed E-state index contributed by atoms with van der Waals surface area (Å²) in [5.41, 5.74) is 0.633. The molecule has 0 aliphatic carbocycles. The van der Waals surface area contributed by atoms with Gasteiger partial charge in [0.25, 0.3) is 0 Å². The van der Waals surface area contributed by atoms with E-state index >= 15 is 0 Å². The first-order chi connectivity index (χ1) is 15.7. The van der Waals surface area contributed by atoms with Gasteiger partial charge in [0.05, 0.1) is 0 Å². The van der Waals surface area contributed by atoms with E-state index in [-0.39, 0.29) is 11.5 Å². The Morgan fingerprint density at radius 1 is 0.625 bits per heavy atom. The van der Waals surface area contributed by atoms with Gasteiger partial charge in [-0.1, -0.05) is 103 Å². The van der Waals surface area contributed by atoms with Crippen molar-refractivity contribution in [2.75, 3.05) is 0 Å². The number of phenolic OH excluding ortho intramolecular Hbond substituents is 2. The number of aromatic hydroxyl groups is 2. The molecule has 1 heterocycles. The summed E-state index contributed by atoms with van der Waals surface area (Å²) in [4.78, 5) is 0. The summed E-state index contributed by atoms with van der Waals surface area (Å²) >= 11 is 0. The molecule has 1 aliphatic heterocycles. The average Bonchev–Trinajstić information content (AvgIpc) is 2.80. The molecule has 0 atom stereocenters. The number of fused-ring (bicyclic) bond motifs is 2. The van der Waals surface area contributed by atoms with E-state index in [9.17, 15) is 10.2 Å². The Morgan fingerprint density at radius 2 is 1.12 bits per heavy atom. The van der Waals surface area contributed by atoms with Crippen molar-refractivity contribution in [2.24, 2.45) is 0 Å². The van der Waals surface area contributed by atoms with Gasteiger partial charge in [0, 0.05) is 11.6 Å². The highest BCUT2D eigenvalue weighted by atomic mass is 16.6. The number of hydrogen-bond acceptors (Lipinski definition) is 4. The fraction of sp³-hybridized carbons (Fsp3) is 0.571. The summed E-state index contributed by atoms with van der Waals surface area (Å²) in [6.07, 6.45) is 19.0. The SMILES string of the molecule is CCCCCCCCCCCCCCCCc1c(O)c(O)cc2c1Oc1ccccc1O2. The van der Waals surface area contributed by atoms with Crippen molar-refractivity contribution < 1.29 is 19.7 Å². The predicted octanol–water partition coefficient (Wildman–Crippen LogP) is 9.02. The lowest BCUT2D eigenvalue weighted by molar-refractivity contribution is 0.340. The zero-order chi connectivity index (χ0) is 22.6. The molecule has 3 rings (SSSR count).